The van der Waals surface area contributed by atoms with Crippen molar-refractivity contribution in [1.82, 2.24) is 9.80 Å². The summed E-state index contributed by atoms with van der Waals surface area (Å²) in [6.45, 7) is 1.66. The largest absolute Gasteiger partial charge is 0.481 e. The quantitative estimate of drug-likeness (QED) is 0.914. The van der Waals surface area contributed by atoms with Gasteiger partial charge >= 0.3 is 5.97 Å². The molecule has 1 amide bonds. The summed E-state index contributed by atoms with van der Waals surface area (Å²) in [6, 6.07) is 6.77. The minimum Gasteiger partial charge on any atom is -0.481 e. The van der Waals surface area contributed by atoms with Crippen LogP contribution in [0.3, 0.4) is 0 Å². The first-order valence-electron chi connectivity index (χ1n) is 6.43. The highest BCUT2D eigenvalue weighted by molar-refractivity contribution is 6.31. The second-order valence-electron chi connectivity index (χ2n) is 4.95. The van der Waals surface area contributed by atoms with Crippen molar-refractivity contribution >= 4 is 23.5 Å². The van der Waals surface area contributed by atoms with E-state index in [1.165, 1.54) is 0 Å². The number of carboxylic acid groups (broad SMARTS) is 1. The third-order valence-electron chi connectivity index (χ3n) is 3.54. The number of aliphatic carboxylic acids is 1. The molecule has 1 aromatic rings. The van der Waals surface area contributed by atoms with E-state index < -0.39 is 12.0 Å². The first-order valence-corrected chi connectivity index (χ1v) is 6.81. The fourth-order valence-corrected chi connectivity index (χ4v) is 2.54. The average Bonchev–Trinajstić information content (AvgIpc) is 2.40. The molecule has 0 radical (unpaired) electrons. The van der Waals surface area contributed by atoms with Crippen molar-refractivity contribution in [3.05, 3.63) is 34.9 Å². The Morgan fingerprint density at radius 1 is 1.40 bits per heavy atom. The van der Waals surface area contributed by atoms with Gasteiger partial charge < -0.3 is 10.0 Å². The van der Waals surface area contributed by atoms with Gasteiger partial charge in [-0.3, -0.25) is 14.5 Å². The monoisotopic (exact) mass is 296 g/mol. The summed E-state index contributed by atoms with van der Waals surface area (Å²) in [4.78, 5) is 26.7. The van der Waals surface area contributed by atoms with Gasteiger partial charge in [0.05, 0.1) is 12.5 Å². The van der Waals surface area contributed by atoms with E-state index in [9.17, 15) is 9.59 Å². The van der Waals surface area contributed by atoms with Crippen molar-refractivity contribution in [2.24, 2.45) is 0 Å². The van der Waals surface area contributed by atoms with E-state index in [1.54, 1.807) is 22.9 Å². The van der Waals surface area contributed by atoms with Gasteiger partial charge in [-0.25, -0.2) is 0 Å². The number of nitrogens with zero attached hydrogens (tertiary/aromatic N) is 2. The first kappa shape index (κ1) is 14.8. The molecule has 1 fully saturated rings. The molecule has 1 atom stereocenters. The van der Waals surface area contributed by atoms with Crippen molar-refractivity contribution < 1.29 is 14.7 Å². The van der Waals surface area contributed by atoms with Crippen LogP contribution >= 0.6 is 11.6 Å². The number of hydrogen-bond donors (Lipinski definition) is 1. The molecule has 0 aliphatic carbocycles. The lowest BCUT2D eigenvalue weighted by Crippen LogP contribution is -2.55. The summed E-state index contributed by atoms with van der Waals surface area (Å²) in [7, 11) is 1.78. The Hall–Kier alpha value is -1.59. The zero-order valence-corrected chi connectivity index (χ0v) is 12.0. The predicted molar refractivity (Wildman–Crippen MR) is 75.5 cm³/mol. The molecule has 0 aromatic heterocycles. The molecule has 1 aliphatic rings. The zero-order chi connectivity index (χ0) is 14.7. The predicted octanol–water partition coefficient (Wildman–Crippen LogP) is 1.46. The number of carbonyl (C=O) groups is 2. The number of hydrogen-bond acceptors (Lipinski definition) is 3. The van der Waals surface area contributed by atoms with Crippen LogP contribution in [0, 0.1) is 0 Å². The molecular formula is C14H17ClN2O3. The second-order valence-corrected chi connectivity index (χ2v) is 5.35. The number of halogens is 1. The van der Waals surface area contributed by atoms with Crippen molar-refractivity contribution in [2.45, 2.75) is 19.0 Å². The number of carboxylic acids is 1. The van der Waals surface area contributed by atoms with E-state index >= 15 is 0 Å². The van der Waals surface area contributed by atoms with Crippen LogP contribution < -0.4 is 0 Å². The zero-order valence-electron chi connectivity index (χ0n) is 11.3. The summed E-state index contributed by atoms with van der Waals surface area (Å²) in [5.74, 6) is -1.11. The van der Waals surface area contributed by atoms with Crippen molar-refractivity contribution in [3.8, 4) is 0 Å². The lowest BCUT2D eigenvalue weighted by atomic mass is 10.1. The molecular weight excluding hydrogens is 280 g/mol. The molecule has 108 valence electrons. The highest BCUT2D eigenvalue weighted by atomic mass is 35.5. The van der Waals surface area contributed by atoms with E-state index in [1.807, 2.05) is 18.2 Å². The Kier molecular flexibility index (Phi) is 4.62. The Bertz CT molecular complexity index is 521. The van der Waals surface area contributed by atoms with Crippen LogP contribution in [0.5, 0.6) is 0 Å². The van der Waals surface area contributed by atoms with Crippen LogP contribution in [-0.2, 0) is 16.1 Å². The maximum Gasteiger partial charge on any atom is 0.305 e. The van der Waals surface area contributed by atoms with Gasteiger partial charge in [-0.2, -0.15) is 0 Å². The minimum absolute atomic E-state index is 0.152. The smallest absolute Gasteiger partial charge is 0.305 e. The van der Waals surface area contributed by atoms with Gasteiger partial charge in [0.15, 0.2) is 0 Å². The average molecular weight is 297 g/mol. The Labute approximate surface area is 122 Å². The minimum atomic E-state index is -0.963. The standard InChI is InChI=1S/C14H17ClN2O3/c1-16-6-7-17(14(20)12(16)8-13(18)19)9-10-4-2-3-5-11(10)15/h2-5,12H,6-9H2,1H3,(H,18,19). The van der Waals surface area contributed by atoms with Gasteiger partial charge in [0.2, 0.25) is 5.91 Å². The van der Waals surface area contributed by atoms with Crippen LogP contribution in [0.2, 0.25) is 5.02 Å². The van der Waals surface area contributed by atoms with Gasteiger partial charge in [-0.15, -0.1) is 0 Å². The molecule has 1 N–H and O–H groups in total. The SMILES string of the molecule is CN1CCN(Cc2ccccc2Cl)C(=O)C1CC(=O)O. The molecule has 0 bridgehead atoms. The van der Waals surface area contributed by atoms with E-state index in [2.05, 4.69) is 0 Å². The third kappa shape index (κ3) is 3.29. The van der Waals surface area contributed by atoms with Crippen LogP contribution in [-0.4, -0.2) is 53.0 Å². The molecule has 0 spiro atoms. The molecule has 20 heavy (non-hydrogen) atoms. The van der Waals surface area contributed by atoms with E-state index in [0.29, 0.717) is 24.7 Å². The van der Waals surface area contributed by atoms with Gasteiger partial charge in [0, 0.05) is 24.7 Å². The van der Waals surface area contributed by atoms with Crippen molar-refractivity contribution in [3.63, 3.8) is 0 Å². The first-order chi connectivity index (χ1) is 9.49. The van der Waals surface area contributed by atoms with Crippen LogP contribution in [0.1, 0.15) is 12.0 Å². The van der Waals surface area contributed by atoms with Gasteiger partial charge in [0.25, 0.3) is 0 Å². The van der Waals surface area contributed by atoms with Crippen molar-refractivity contribution in [1.29, 1.82) is 0 Å². The number of piperazine rings is 1. The molecule has 1 aliphatic heterocycles. The summed E-state index contributed by atoms with van der Waals surface area (Å²) in [6.07, 6.45) is -0.172. The normalized spacial score (nSPS) is 20.2. The summed E-state index contributed by atoms with van der Waals surface area (Å²) < 4.78 is 0. The molecule has 1 heterocycles. The maximum absolute atomic E-state index is 12.4. The Morgan fingerprint density at radius 3 is 2.75 bits per heavy atom. The number of benzene rings is 1. The molecule has 5 nitrogen and oxygen atoms in total. The highest BCUT2D eigenvalue weighted by Gasteiger charge is 2.34. The Morgan fingerprint density at radius 2 is 2.10 bits per heavy atom. The number of rotatable bonds is 4. The Balaban J connectivity index is 2.11. The van der Waals surface area contributed by atoms with Crippen LogP contribution in [0.15, 0.2) is 24.3 Å². The molecule has 2 rings (SSSR count). The number of likely N-dealkylation sites (N-methyl/N-ethyl adjacent to an activating group) is 1. The van der Waals surface area contributed by atoms with Gasteiger partial charge in [-0.1, -0.05) is 29.8 Å². The fourth-order valence-electron chi connectivity index (χ4n) is 2.34. The maximum atomic E-state index is 12.4. The van der Waals surface area contributed by atoms with E-state index in [-0.39, 0.29) is 12.3 Å². The summed E-state index contributed by atoms with van der Waals surface area (Å²) >= 11 is 6.10. The van der Waals surface area contributed by atoms with Crippen molar-refractivity contribution in [2.75, 3.05) is 20.1 Å². The van der Waals surface area contributed by atoms with Gasteiger partial charge in [-0.05, 0) is 18.7 Å². The fraction of sp³-hybridized carbons (Fsp3) is 0.429. The van der Waals surface area contributed by atoms with Crippen LogP contribution in [0.4, 0.5) is 0 Å². The lowest BCUT2D eigenvalue weighted by Gasteiger charge is -2.38. The second kappa shape index (κ2) is 6.24. The van der Waals surface area contributed by atoms with E-state index in [4.69, 9.17) is 16.7 Å². The summed E-state index contributed by atoms with van der Waals surface area (Å²) in [5.41, 5.74) is 0.876. The van der Waals surface area contributed by atoms with E-state index in [0.717, 1.165) is 5.56 Å². The number of carbonyl (C=O) groups excluding carboxylic acids is 1. The summed E-state index contributed by atoms with van der Waals surface area (Å²) in [5, 5.41) is 9.52. The molecule has 1 aromatic carbocycles. The van der Waals surface area contributed by atoms with Gasteiger partial charge in [0.1, 0.15) is 0 Å². The molecule has 1 saturated heterocycles. The molecule has 1 unspecified atom stereocenters. The lowest BCUT2D eigenvalue weighted by molar-refractivity contribution is -0.149. The third-order valence-corrected chi connectivity index (χ3v) is 3.91. The number of amides is 1. The molecule has 0 saturated carbocycles. The highest BCUT2D eigenvalue weighted by Crippen LogP contribution is 2.20. The molecule has 6 heteroatoms. The topological polar surface area (TPSA) is 60.9 Å². The van der Waals surface area contributed by atoms with Crippen LogP contribution in [0.25, 0.3) is 0 Å².